The van der Waals surface area contributed by atoms with Crippen molar-refractivity contribution < 1.29 is 9.53 Å². The Morgan fingerprint density at radius 2 is 2.28 bits per heavy atom. The van der Waals surface area contributed by atoms with Crippen molar-refractivity contribution in [2.45, 2.75) is 33.0 Å². The van der Waals surface area contributed by atoms with Gasteiger partial charge in [0.1, 0.15) is 6.10 Å². The quantitative estimate of drug-likeness (QED) is 0.902. The highest BCUT2D eigenvalue weighted by Crippen LogP contribution is 2.21. The minimum absolute atomic E-state index is 0.0709. The van der Waals surface area contributed by atoms with Crippen LogP contribution in [-0.4, -0.2) is 40.5 Å². The first-order valence-electron chi connectivity index (χ1n) is 8.56. The number of hydrogen-bond donors (Lipinski definition) is 1. The lowest BCUT2D eigenvalue weighted by Gasteiger charge is -2.32. The minimum Gasteiger partial charge on any atom is -0.368 e. The van der Waals surface area contributed by atoms with Gasteiger partial charge in [-0.25, -0.2) is 9.97 Å². The van der Waals surface area contributed by atoms with E-state index >= 15 is 0 Å². The van der Waals surface area contributed by atoms with Gasteiger partial charge in [-0.15, -0.1) is 0 Å². The lowest BCUT2D eigenvalue weighted by molar-refractivity contribution is -0.119. The zero-order valence-corrected chi connectivity index (χ0v) is 14.7. The van der Waals surface area contributed by atoms with E-state index in [0.717, 1.165) is 25.3 Å². The number of rotatable bonds is 5. The van der Waals surface area contributed by atoms with Crippen LogP contribution in [0.15, 0.2) is 36.5 Å². The van der Waals surface area contributed by atoms with E-state index in [1.165, 1.54) is 18.1 Å². The van der Waals surface area contributed by atoms with E-state index in [4.69, 9.17) is 4.74 Å². The molecule has 1 aliphatic rings. The maximum atomic E-state index is 11.1. The van der Waals surface area contributed by atoms with Gasteiger partial charge in [-0.05, 0) is 18.6 Å². The van der Waals surface area contributed by atoms with Crippen LogP contribution in [0.25, 0.3) is 0 Å². The predicted molar refractivity (Wildman–Crippen MR) is 94.7 cm³/mol. The van der Waals surface area contributed by atoms with Crippen LogP contribution in [0, 0.1) is 6.92 Å². The topological polar surface area (TPSA) is 67.4 Å². The van der Waals surface area contributed by atoms with Gasteiger partial charge in [-0.1, -0.05) is 29.8 Å². The third-order valence-corrected chi connectivity index (χ3v) is 4.18. The molecule has 25 heavy (non-hydrogen) atoms. The molecule has 1 fully saturated rings. The third-order valence-electron chi connectivity index (χ3n) is 4.18. The molecular weight excluding hydrogens is 316 g/mol. The van der Waals surface area contributed by atoms with Gasteiger partial charge in [0.05, 0.1) is 18.8 Å². The Hall–Kier alpha value is -2.31. The van der Waals surface area contributed by atoms with Crippen LogP contribution in [0.5, 0.6) is 0 Å². The molecule has 2 aromatic rings. The number of carbonyl (C=O) groups excluding carboxylic acids is 1. The smallest absolute Gasteiger partial charge is 0.217 e. The summed E-state index contributed by atoms with van der Waals surface area (Å²) >= 11 is 0. The molecule has 1 saturated heterocycles. The van der Waals surface area contributed by atoms with E-state index in [0.29, 0.717) is 19.0 Å². The van der Waals surface area contributed by atoms with Crippen molar-refractivity contribution in [1.82, 2.24) is 20.2 Å². The second kappa shape index (κ2) is 8.18. The Labute approximate surface area is 148 Å². The number of aromatic nitrogens is 2. The fourth-order valence-electron chi connectivity index (χ4n) is 2.95. The number of aryl methyl sites for hydroxylation is 1. The van der Waals surface area contributed by atoms with Crippen LogP contribution in [0.4, 0.5) is 0 Å². The molecule has 0 radical (unpaired) electrons. The summed E-state index contributed by atoms with van der Waals surface area (Å²) in [5, 5.41) is 2.76. The highest BCUT2D eigenvalue weighted by atomic mass is 16.5. The molecule has 1 atom stereocenters. The summed E-state index contributed by atoms with van der Waals surface area (Å²) in [5.74, 6) is 0.607. The summed E-state index contributed by atoms with van der Waals surface area (Å²) in [6, 6.07) is 10.4. The second-order valence-corrected chi connectivity index (χ2v) is 6.40. The molecule has 6 heteroatoms. The van der Waals surface area contributed by atoms with E-state index in [9.17, 15) is 4.79 Å². The predicted octanol–water partition coefficient (Wildman–Crippen LogP) is 1.99. The fourth-order valence-corrected chi connectivity index (χ4v) is 2.95. The molecule has 132 valence electrons. The molecule has 2 heterocycles. The lowest BCUT2D eigenvalue weighted by atomic mass is 10.1. The van der Waals surface area contributed by atoms with Crippen molar-refractivity contribution >= 4 is 5.91 Å². The molecule has 0 aliphatic carbocycles. The van der Waals surface area contributed by atoms with Crippen LogP contribution in [0.3, 0.4) is 0 Å². The number of benzene rings is 1. The minimum atomic E-state index is -0.143. The third kappa shape index (κ3) is 5.08. The van der Waals surface area contributed by atoms with Gasteiger partial charge in [0.2, 0.25) is 5.91 Å². The zero-order chi connectivity index (χ0) is 17.6. The van der Waals surface area contributed by atoms with Crippen LogP contribution >= 0.6 is 0 Å². The number of amides is 1. The average Bonchev–Trinajstić information content (AvgIpc) is 2.60. The second-order valence-electron chi connectivity index (χ2n) is 6.40. The standard InChI is InChI=1S/C19H24N4O2/c1-14-4-3-5-16(10-14)12-23-8-9-25-18(13-23)19-20-7-6-17(22-19)11-21-15(2)24/h3-7,10,18H,8-9,11-13H2,1-2H3,(H,21,24)/t18-/m1/s1. The number of ether oxygens (including phenoxy) is 1. The molecule has 3 rings (SSSR count). The molecule has 1 aliphatic heterocycles. The SMILES string of the molecule is CC(=O)NCc1ccnc([C@H]2CN(Cc3cccc(C)c3)CCO2)n1. The molecule has 0 saturated carbocycles. The highest BCUT2D eigenvalue weighted by molar-refractivity contribution is 5.72. The number of morpholine rings is 1. The van der Waals surface area contributed by atoms with Crippen LogP contribution < -0.4 is 5.32 Å². The summed E-state index contributed by atoms with van der Waals surface area (Å²) < 4.78 is 5.88. The van der Waals surface area contributed by atoms with E-state index in [-0.39, 0.29) is 12.0 Å². The maximum absolute atomic E-state index is 11.1. The van der Waals surface area contributed by atoms with Gasteiger partial charge < -0.3 is 10.1 Å². The summed E-state index contributed by atoms with van der Waals surface area (Å²) in [6.07, 6.45) is 1.58. The van der Waals surface area contributed by atoms with E-state index in [1.807, 2.05) is 6.07 Å². The Kier molecular flexibility index (Phi) is 5.73. The van der Waals surface area contributed by atoms with Crippen molar-refractivity contribution in [2.75, 3.05) is 19.7 Å². The number of nitrogens with one attached hydrogen (secondary N) is 1. The average molecular weight is 340 g/mol. The maximum Gasteiger partial charge on any atom is 0.217 e. The Balaban J connectivity index is 1.64. The molecule has 1 amide bonds. The van der Waals surface area contributed by atoms with Crippen LogP contribution in [0.1, 0.15) is 35.7 Å². The Bertz CT molecular complexity index is 735. The lowest BCUT2D eigenvalue weighted by Crippen LogP contribution is -2.38. The van der Waals surface area contributed by atoms with Crippen molar-refractivity contribution in [3.05, 3.63) is 59.2 Å². The van der Waals surface area contributed by atoms with Crippen LogP contribution in [-0.2, 0) is 22.6 Å². The summed E-state index contributed by atoms with van der Waals surface area (Å²) in [5.41, 5.74) is 3.37. The van der Waals surface area contributed by atoms with Gasteiger partial charge in [0.25, 0.3) is 0 Å². The molecule has 0 spiro atoms. The summed E-state index contributed by atoms with van der Waals surface area (Å²) in [4.78, 5) is 22.3. The highest BCUT2D eigenvalue weighted by Gasteiger charge is 2.24. The molecule has 1 N–H and O–H groups in total. The number of nitrogens with zero attached hydrogens (tertiary/aromatic N) is 3. The number of carbonyl (C=O) groups is 1. The largest absolute Gasteiger partial charge is 0.368 e. The monoisotopic (exact) mass is 340 g/mol. The number of hydrogen-bond acceptors (Lipinski definition) is 5. The van der Waals surface area contributed by atoms with E-state index in [2.05, 4.69) is 51.4 Å². The van der Waals surface area contributed by atoms with Crippen molar-refractivity contribution in [2.24, 2.45) is 0 Å². The molecule has 1 aromatic carbocycles. The van der Waals surface area contributed by atoms with Crippen molar-refractivity contribution in [1.29, 1.82) is 0 Å². The van der Waals surface area contributed by atoms with E-state index < -0.39 is 0 Å². The van der Waals surface area contributed by atoms with Gasteiger partial charge in [0, 0.05) is 32.8 Å². The zero-order valence-electron chi connectivity index (χ0n) is 14.7. The normalized spacial score (nSPS) is 18.1. The first-order valence-corrected chi connectivity index (χ1v) is 8.56. The summed E-state index contributed by atoms with van der Waals surface area (Å²) in [6.45, 7) is 7.23. The van der Waals surface area contributed by atoms with Gasteiger partial charge in [0.15, 0.2) is 5.82 Å². The van der Waals surface area contributed by atoms with Crippen molar-refractivity contribution in [3.8, 4) is 0 Å². The molecule has 0 bridgehead atoms. The Morgan fingerprint density at radius 1 is 1.40 bits per heavy atom. The van der Waals surface area contributed by atoms with Crippen molar-refractivity contribution in [3.63, 3.8) is 0 Å². The van der Waals surface area contributed by atoms with Gasteiger partial charge in [-0.2, -0.15) is 0 Å². The van der Waals surface area contributed by atoms with Crippen LogP contribution in [0.2, 0.25) is 0 Å². The Morgan fingerprint density at radius 3 is 3.08 bits per heavy atom. The summed E-state index contributed by atoms with van der Waals surface area (Å²) in [7, 11) is 0. The molecule has 1 aromatic heterocycles. The fraction of sp³-hybridized carbons (Fsp3) is 0.421. The van der Waals surface area contributed by atoms with E-state index in [1.54, 1.807) is 6.20 Å². The first-order chi connectivity index (χ1) is 12.1. The van der Waals surface area contributed by atoms with Gasteiger partial charge >= 0.3 is 0 Å². The molecule has 6 nitrogen and oxygen atoms in total. The molecule has 0 unspecified atom stereocenters. The first kappa shape index (κ1) is 17.5. The molecular formula is C19H24N4O2. The van der Waals surface area contributed by atoms with Gasteiger partial charge in [-0.3, -0.25) is 9.69 Å².